The molecule has 0 saturated carbocycles. The number of rotatable bonds is 6. The Morgan fingerprint density at radius 1 is 0.938 bits per heavy atom. The van der Waals surface area contributed by atoms with Gasteiger partial charge in [-0.2, -0.15) is 9.61 Å². The van der Waals surface area contributed by atoms with Gasteiger partial charge in [0.2, 0.25) is 0 Å². The molecule has 0 unspecified atom stereocenters. The van der Waals surface area contributed by atoms with Crippen LogP contribution in [0.15, 0.2) is 18.2 Å². The Morgan fingerprint density at radius 3 is 2.31 bits per heavy atom. The molecule has 5 nitrogen and oxygen atoms in total. The van der Waals surface area contributed by atoms with Crippen molar-refractivity contribution >= 4 is 16.7 Å². The number of aryl methyl sites for hydroxylation is 5. The zero-order valence-electron chi connectivity index (χ0n) is 20.3. The smallest absolute Gasteiger partial charge is 0.165 e. The lowest BCUT2D eigenvalue weighted by Gasteiger charge is -2.12. The summed E-state index contributed by atoms with van der Waals surface area (Å²) in [5.74, 6) is 6.32. The van der Waals surface area contributed by atoms with Gasteiger partial charge in [-0.15, -0.1) is 0 Å². The summed E-state index contributed by atoms with van der Waals surface area (Å²) < 4.78 is 10.0. The Labute approximate surface area is 190 Å². The largest absolute Gasteiger partial charge is 0.380 e. The molecule has 0 atom stereocenters. The summed E-state index contributed by atoms with van der Waals surface area (Å²) in [6.07, 6.45) is 1.01. The van der Waals surface area contributed by atoms with Crippen LogP contribution in [0.25, 0.3) is 27.8 Å². The predicted octanol–water partition coefficient (Wildman–Crippen LogP) is 5.69. The Balaban J connectivity index is 2.02. The highest BCUT2D eigenvalue weighted by molar-refractivity contribution is 5.90. The minimum atomic E-state index is 0.641. The molecule has 3 aromatic heterocycles. The first-order valence-electron chi connectivity index (χ1n) is 11.3. The van der Waals surface area contributed by atoms with Gasteiger partial charge >= 0.3 is 0 Å². The zero-order valence-corrected chi connectivity index (χ0v) is 20.3. The second kappa shape index (κ2) is 8.80. The number of aromatic nitrogens is 4. The molecule has 32 heavy (non-hydrogen) atoms. The van der Waals surface area contributed by atoms with Gasteiger partial charge in [0, 0.05) is 18.5 Å². The molecule has 4 aromatic rings. The molecule has 0 aliphatic rings. The van der Waals surface area contributed by atoms with Gasteiger partial charge in [-0.25, -0.2) is 4.98 Å². The number of fused-ring (bicyclic) bond motifs is 3. The van der Waals surface area contributed by atoms with E-state index in [9.17, 15) is 0 Å². The van der Waals surface area contributed by atoms with Crippen LogP contribution in [0.3, 0.4) is 0 Å². The molecule has 0 N–H and O–H groups in total. The van der Waals surface area contributed by atoms with E-state index < -0.39 is 0 Å². The number of benzene rings is 1. The second-order valence-corrected chi connectivity index (χ2v) is 8.57. The van der Waals surface area contributed by atoms with Gasteiger partial charge in [0.15, 0.2) is 5.65 Å². The van der Waals surface area contributed by atoms with Crippen LogP contribution < -0.4 is 0 Å². The average molecular weight is 429 g/mol. The summed E-state index contributed by atoms with van der Waals surface area (Å²) in [6.45, 7) is 16.8. The van der Waals surface area contributed by atoms with Gasteiger partial charge in [0.1, 0.15) is 5.65 Å². The van der Waals surface area contributed by atoms with Gasteiger partial charge in [-0.3, -0.25) is 0 Å². The lowest BCUT2D eigenvalue weighted by molar-refractivity contribution is 0.127. The van der Waals surface area contributed by atoms with Gasteiger partial charge in [0.25, 0.3) is 0 Å². The van der Waals surface area contributed by atoms with Crippen LogP contribution >= 0.6 is 0 Å². The van der Waals surface area contributed by atoms with E-state index in [1.807, 2.05) is 11.4 Å². The lowest BCUT2D eigenvalue weighted by atomic mass is 9.94. The normalized spacial score (nSPS) is 11.3. The third kappa shape index (κ3) is 3.69. The molecule has 0 radical (unpaired) electrons. The van der Waals surface area contributed by atoms with E-state index in [2.05, 4.69) is 76.1 Å². The molecule has 0 aliphatic heterocycles. The van der Waals surface area contributed by atoms with Crippen molar-refractivity contribution in [1.82, 2.24) is 19.2 Å². The molecule has 0 saturated heterocycles. The third-order valence-electron chi connectivity index (χ3n) is 5.96. The van der Waals surface area contributed by atoms with Gasteiger partial charge < -0.3 is 9.30 Å². The fourth-order valence-corrected chi connectivity index (χ4v) is 4.75. The Hall–Kier alpha value is -3.10. The molecule has 1 aromatic carbocycles. The van der Waals surface area contributed by atoms with Crippen molar-refractivity contribution in [1.29, 1.82) is 0 Å². The first-order chi connectivity index (χ1) is 15.4. The maximum Gasteiger partial charge on any atom is 0.165 e. The first kappa shape index (κ1) is 22.1. The monoisotopic (exact) mass is 428 g/mol. The number of hydrogen-bond acceptors (Lipinski definition) is 3. The highest BCUT2D eigenvalue weighted by atomic mass is 16.5. The number of ether oxygens (including phenoxy) is 1. The summed E-state index contributed by atoms with van der Waals surface area (Å²) in [6, 6.07) is 6.60. The van der Waals surface area contributed by atoms with Gasteiger partial charge in [0.05, 0.1) is 29.3 Å². The molecular formula is C27H32N4O. The summed E-state index contributed by atoms with van der Waals surface area (Å²) in [5.41, 5.74) is 11.0. The van der Waals surface area contributed by atoms with Crippen LogP contribution in [0.1, 0.15) is 54.0 Å². The lowest BCUT2D eigenvalue weighted by Crippen LogP contribution is -2.11. The van der Waals surface area contributed by atoms with Gasteiger partial charge in [-0.05, 0) is 76.6 Å². The van der Waals surface area contributed by atoms with Crippen molar-refractivity contribution in [3.8, 4) is 23.0 Å². The van der Waals surface area contributed by atoms with E-state index in [-0.39, 0.29) is 0 Å². The zero-order chi connectivity index (χ0) is 23.0. The highest BCUT2D eigenvalue weighted by Crippen LogP contribution is 2.35. The van der Waals surface area contributed by atoms with E-state index >= 15 is 0 Å². The molecule has 4 rings (SSSR count). The molecule has 5 heteroatoms. The van der Waals surface area contributed by atoms with E-state index in [4.69, 9.17) is 14.8 Å². The molecule has 0 amide bonds. The minimum Gasteiger partial charge on any atom is -0.380 e. The molecule has 3 heterocycles. The maximum atomic E-state index is 5.81. The molecule has 0 spiro atoms. The van der Waals surface area contributed by atoms with Crippen LogP contribution in [-0.4, -0.2) is 32.4 Å². The second-order valence-electron chi connectivity index (χ2n) is 8.57. The molecule has 0 fully saturated rings. The average Bonchev–Trinajstić information content (AvgIpc) is 3.24. The molecule has 166 valence electrons. The van der Waals surface area contributed by atoms with Crippen molar-refractivity contribution in [2.45, 2.75) is 61.4 Å². The topological polar surface area (TPSA) is 44.4 Å². The Morgan fingerprint density at radius 2 is 1.66 bits per heavy atom. The first-order valence-corrected chi connectivity index (χ1v) is 11.3. The quantitative estimate of drug-likeness (QED) is 0.293. The Kier molecular flexibility index (Phi) is 6.08. The fourth-order valence-electron chi connectivity index (χ4n) is 4.75. The highest BCUT2D eigenvalue weighted by Gasteiger charge is 2.22. The Bertz CT molecular complexity index is 1360. The van der Waals surface area contributed by atoms with Crippen LogP contribution in [0.2, 0.25) is 0 Å². The standard InChI is InChI=1S/C27H32N4O/c1-8-10-22-16-23-20(6)28-26-25(24-18(4)14-17(3)15-19(24)5)21(7)29-31(26)27(23)30(22)11-13-32-12-9-2/h14-16H,9,11-13H2,1-7H3. The van der Waals surface area contributed by atoms with Crippen LogP contribution in [0.4, 0.5) is 0 Å². The van der Waals surface area contributed by atoms with Gasteiger partial charge in [-0.1, -0.05) is 30.5 Å². The molecule has 0 aliphatic carbocycles. The predicted molar refractivity (Wildman–Crippen MR) is 131 cm³/mol. The van der Waals surface area contributed by atoms with E-state index in [1.165, 1.54) is 22.3 Å². The summed E-state index contributed by atoms with van der Waals surface area (Å²) >= 11 is 0. The molecule has 0 bridgehead atoms. The summed E-state index contributed by atoms with van der Waals surface area (Å²) in [4.78, 5) is 5.04. The van der Waals surface area contributed by atoms with Crippen LogP contribution in [0.5, 0.6) is 0 Å². The van der Waals surface area contributed by atoms with Crippen molar-refractivity contribution in [2.24, 2.45) is 0 Å². The maximum absolute atomic E-state index is 5.81. The van der Waals surface area contributed by atoms with E-state index in [1.54, 1.807) is 0 Å². The van der Waals surface area contributed by atoms with Crippen molar-refractivity contribution < 1.29 is 4.74 Å². The minimum absolute atomic E-state index is 0.641. The van der Waals surface area contributed by atoms with Crippen LogP contribution in [-0.2, 0) is 11.3 Å². The van der Waals surface area contributed by atoms with Crippen molar-refractivity contribution in [2.75, 3.05) is 13.2 Å². The van der Waals surface area contributed by atoms with E-state index in [0.29, 0.717) is 6.61 Å². The number of hydrogen-bond donors (Lipinski definition) is 0. The summed E-state index contributed by atoms with van der Waals surface area (Å²) in [5, 5.41) is 6.07. The van der Waals surface area contributed by atoms with E-state index in [0.717, 1.165) is 58.9 Å². The van der Waals surface area contributed by atoms with Crippen molar-refractivity contribution in [3.63, 3.8) is 0 Å². The fraction of sp³-hybridized carbons (Fsp3) is 0.407. The third-order valence-corrected chi connectivity index (χ3v) is 5.96. The summed E-state index contributed by atoms with van der Waals surface area (Å²) in [7, 11) is 0. The number of nitrogens with zero attached hydrogens (tertiary/aromatic N) is 4. The molecular weight excluding hydrogens is 396 g/mol. The van der Waals surface area contributed by atoms with Crippen LogP contribution in [0, 0.1) is 46.5 Å². The van der Waals surface area contributed by atoms with Crippen molar-refractivity contribution in [3.05, 3.63) is 52.0 Å². The SMILES string of the molecule is CC#Cc1cc2c(C)nc3c(-c4c(C)cc(C)cc4C)c(C)nn3c2n1CCOCCC.